The van der Waals surface area contributed by atoms with E-state index in [4.69, 9.17) is 4.74 Å². The van der Waals surface area contributed by atoms with Crippen LogP contribution in [-0.4, -0.2) is 4.98 Å². The number of halogens is 2. The molecule has 0 radical (unpaired) electrons. The number of benzene rings is 1. The molecule has 2 aromatic rings. The Morgan fingerprint density at radius 3 is 2.88 bits per heavy atom. The van der Waals surface area contributed by atoms with Gasteiger partial charge in [0.25, 0.3) is 0 Å². The molecule has 2 nitrogen and oxygen atoms in total. The lowest BCUT2D eigenvalue weighted by molar-refractivity contribution is 0.301. The van der Waals surface area contributed by atoms with Crippen molar-refractivity contribution in [3.63, 3.8) is 0 Å². The van der Waals surface area contributed by atoms with Gasteiger partial charge in [-0.2, -0.15) is 0 Å². The van der Waals surface area contributed by atoms with Gasteiger partial charge in [-0.05, 0) is 28.9 Å². The fourth-order valence-corrected chi connectivity index (χ4v) is 3.07. The molecular weight excluding hydrogens is 366 g/mol. The highest BCUT2D eigenvalue weighted by atomic mass is 79.9. The van der Waals surface area contributed by atoms with Crippen LogP contribution in [0.3, 0.4) is 0 Å². The van der Waals surface area contributed by atoms with Crippen molar-refractivity contribution in [3.8, 4) is 5.75 Å². The van der Waals surface area contributed by atoms with E-state index in [2.05, 4.69) is 36.8 Å². The van der Waals surface area contributed by atoms with Gasteiger partial charge in [0.05, 0.1) is 4.47 Å². The van der Waals surface area contributed by atoms with E-state index in [1.807, 2.05) is 30.5 Å². The van der Waals surface area contributed by atoms with E-state index in [1.165, 1.54) is 0 Å². The van der Waals surface area contributed by atoms with Crippen molar-refractivity contribution in [2.75, 3.05) is 0 Å². The van der Waals surface area contributed by atoms with Crippen molar-refractivity contribution in [2.45, 2.75) is 18.9 Å². The van der Waals surface area contributed by atoms with Crippen molar-refractivity contribution in [1.29, 1.82) is 0 Å². The van der Waals surface area contributed by atoms with Gasteiger partial charge in [-0.25, -0.2) is 4.98 Å². The Labute approximate surface area is 121 Å². The third-order valence-electron chi connectivity index (χ3n) is 2.20. The smallest absolute Gasteiger partial charge is 0.140 e. The number of hydrogen-bond acceptors (Lipinski definition) is 3. The van der Waals surface area contributed by atoms with Gasteiger partial charge in [0.15, 0.2) is 0 Å². The Kier molecular flexibility index (Phi) is 4.59. The summed E-state index contributed by atoms with van der Waals surface area (Å²) in [7, 11) is 0. The summed E-state index contributed by atoms with van der Waals surface area (Å²) in [4.78, 5) is 4.38. The second-order valence-electron chi connectivity index (χ2n) is 3.53. The first-order chi connectivity index (χ1) is 8.20. The number of hydrogen-bond donors (Lipinski definition) is 0. The molecule has 0 bridgehead atoms. The maximum atomic E-state index is 5.83. The number of ether oxygens (including phenoxy) is 1. The number of para-hydroxylation sites is 1. The molecule has 1 aromatic heterocycles. The summed E-state index contributed by atoms with van der Waals surface area (Å²) in [6.07, 6.45) is 0. The maximum absolute atomic E-state index is 5.83. The summed E-state index contributed by atoms with van der Waals surface area (Å²) in [6, 6.07) is 6.03. The summed E-state index contributed by atoms with van der Waals surface area (Å²) in [5, 5.41) is 3.81. The van der Waals surface area contributed by atoms with E-state index in [0.29, 0.717) is 6.61 Å². The zero-order valence-corrected chi connectivity index (χ0v) is 13.2. The minimum atomic E-state index is 0.515. The van der Waals surface area contributed by atoms with Gasteiger partial charge in [0.2, 0.25) is 0 Å². The van der Waals surface area contributed by atoms with Gasteiger partial charge < -0.3 is 4.74 Å². The van der Waals surface area contributed by atoms with Gasteiger partial charge in [0, 0.05) is 22.0 Å². The minimum absolute atomic E-state index is 0.515. The van der Waals surface area contributed by atoms with E-state index >= 15 is 0 Å². The normalized spacial score (nSPS) is 10.5. The van der Waals surface area contributed by atoms with Gasteiger partial charge in [0.1, 0.15) is 17.4 Å². The maximum Gasteiger partial charge on any atom is 0.140 e. The molecular formula is C12H11Br2NOS. The average Bonchev–Trinajstić information content (AvgIpc) is 2.73. The van der Waals surface area contributed by atoms with Gasteiger partial charge in [-0.1, -0.05) is 28.1 Å². The molecule has 0 saturated carbocycles. The van der Waals surface area contributed by atoms with Crippen LogP contribution in [0.25, 0.3) is 0 Å². The molecule has 0 unspecified atom stereocenters. The number of aromatic nitrogens is 1. The summed E-state index contributed by atoms with van der Waals surface area (Å²) in [6.45, 7) is 2.50. The Balaban J connectivity index is 2.13. The summed E-state index contributed by atoms with van der Waals surface area (Å²) in [5.74, 6) is 0.886. The highest BCUT2D eigenvalue weighted by molar-refractivity contribution is 9.10. The van der Waals surface area contributed by atoms with E-state index in [9.17, 15) is 0 Å². The molecule has 0 N–H and O–H groups in total. The lowest BCUT2D eigenvalue weighted by Crippen LogP contribution is -1.98. The zero-order chi connectivity index (χ0) is 12.3. The number of alkyl halides is 1. The predicted molar refractivity (Wildman–Crippen MR) is 78.0 cm³/mol. The molecule has 1 aromatic carbocycles. The molecule has 0 saturated heterocycles. The van der Waals surface area contributed by atoms with Crippen molar-refractivity contribution < 1.29 is 4.74 Å². The molecule has 0 atom stereocenters. The molecule has 0 fully saturated rings. The summed E-state index contributed by atoms with van der Waals surface area (Å²) in [5.41, 5.74) is 2.18. The van der Waals surface area contributed by atoms with Crippen LogP contribution in [0.2, 0.25) is 0 Å². The first-order valence-electron chi connectivity index (χ1n) is 5.08. The van der Waals surface area contributed by atoms with Crippen LogP contribution in [0, 0.1) is 6.92 Å². The lowest BCUT2D eigenvalue weighted by Gasteiger charge is -2.10. The molecule has 17 heavy (non-hydrogen) atoms. The van der Waals surface area contributed by atoms with Crippen LogP contribution in [0.4, 0.5) is 0 Å². The van der Waals surface area contributed by atoms with Crippen molar-refractivity contribution in [1.82, 2.24) is 4.98 Å². The largest absolute Gasteiger partial charge is 0.485 e. The van der Waals surface area contributed by atoms with E-state index in [0.717, 1.165) is 31.8 Å². The quantitative estimate of drug-likeness (QED) is 0.722. The highest BCUT2D eigenvalue weighted by Gasteiger charge is 2.08. The third kappa shape index (κ3) is 3.30. The van der Waals surface area contributed by atoms with E-state index in [-0.39, 0.29) is 0 Å². The van der Waals surface area contributed by atoms with Gasteiger partial charge in [-0.15, -0.1) is 11.3 Å². The molecule has 5 heteroatoms. The second kappa shape index (κ2) is 5.98. The minimum Gasteiger partial charge on any atom is -0.485 e. The molecule has 90 valence electrons. The van der Waals surface area contributed by atoms with E-state index < -0.39 is 0 Å². The molecule has 0 spiro atoms. The Morgan fingerprint density at radius 1 is 1.41 bits per heavy atom. The first-order valence-corrected chi connectivity index (χ1v) is 7.87. The Hall–Kier alpha value is -0.390. The molecule has 2 rings (SSSR count). The zero-order valence-electron chi connectivity index (χ0n) is 9.24. The van der Waals surface area contributed by atoms with Crippen molar-refractivity contribution >= 4 is 43.2 Å². The number of thiazole rings is 1. The van der Waals surface area contributed by atoms with Crippen LogP contribution >= 0.6 is 43.2 Å². The van der Waals surface area contributed by atoms with Crippen LogP contribution in [0.5, 0.6) is 5.75 Å². The van der Waals surface area contributed by atoms with Crippen LogP contribution < -0.4 is 4.74 Å². The fourth-order valence-electron chi connectivity index (χ4n) is 1.42. The Morgan fingerprint density at radius 2 is 2.24 bits per heavy atom. The highest BCUT2D eigenvalue weighted by Crippen LogP contribution is 2.31. The standard InChI is InChI=1S/C12H11Br2NOS/c1-8-7-17-11(15-8)6-16-12-9(5-13)3-2-4-10(12)14/h2-4,7H,5-6H2,1H3. The molecule has 1 heterocycles. The fraction of sp³-hybridized carbons (Fsp3) is 0.250. The predicted octanol–water partition coefficient (Wildman–Crippen LogP) is 4.69. The second-order valence-corrected chi connectivity index (χ2v) is 5.89. The lowest BCUT2D eigenvalue weighted by atomic mass is 10.2. The van der Waals surface area contributed by atoms with Crippen LogP contribution in [0.15, 0.2) is 28.1 Å². The van der Waals surface area contributed by atoms with Crippen molar-refractivity contribution in [3.05, 3.63) is 44.3 Å². The molecule has 0 aliphatic rings. The number of aryl methyl sites for hydroxylation is 1. The van der Waals surface area contributed by atoms with Crippen LogP contribution in [0.1, 0.15) is 16.3 Å². The van der Waals surface area contributed by atoms with Gasteiger partial charge >= 0.3 is 0 Å². The topological polar surface area (TPSA) is 22.1 Å². The van der Waals surface area contributed by atoms with Crippen LogP contribution in [-0.2, 0) is 11.9 Å². The van der Waals surface area contributed by atoms with Crippen molar-refractivity contribution in [2.24, 2.45) is 0 Å². The summed E-state index contributed by atoms with van der Waals surface area (Å²) >= 11 is 8.59. The average molecular weight is 377 g/mol. The number of rotatable bonds is 4. The number of nitrogens with zero attached hydrogens (tertiary/aromatic N) is 1. The molecule has 0 amide bonds. The van der Waals surface area contributed by atoms with Gasteiger partial charge in [-0.3, -0.25) is 0 Å². The SMILES string of the molecule is Cc1csc(COc2c(Br)cccc2CBr)n1. The summed E-state index contributed by atoms with van der Waals surface area (Å²) < 4.78 is 6.80. The first kappa shape index (κ1) is 13.1. The van der Waals surface area contributed by atoms with E-state index in [1.54, 1.807) is 11.3 Å². The Bertz CT molecular complexity index is 513. The monoisotopic (exact) mass is 375 g/mol. The molecule has 0 aliphatic heterocycles. The third-order valence-corrected chi connectivity index (χ3v) is 4.37. The molecule has 0 aliphatic carbocycles.